The van der Waals surface area contributed by atoms with Gasteiger partial charge in [0.1, 0.15) is 6.61 Å². The minimum absolute atomic E-state index is 0.126. The number of ether oxygens (including phenoxy) is 1. The second kappa shape index (κ2) is 5.09. The van der Waals surface area contributed by atoms with Gasteiger partial charge in [-0.15, -0.1) is 0 Å². The molecule has 1 aliphatic rings. The average molecular weight is 279 g/mol. The largest absolute Gasteiger partial charge is 0.485 e. The number of anilines is 1. The Morgan fingerprint density at radius 1 is 1.55 bits per heavy atom. The molecular weight excluding hydrogens is 262 g/mol. The summed E-state index contributed by atoms with van der Waals surface area (Å²) in [5.41, 5.74) is 6.43. The molecule has 0 aliphatic carbocycles. The van der Waals surface area contributed by atoms with E-state index in [0.29, 0.717) is 17.7 Å². The van der Waals surface area contributed by atoms with E-state index in [9.17, 15) is 14.9 Å². The SMILES string of the molecule is CCC(C)(N)COc1cc2c(cc1[N+](=O)[O-])CC(=O)N2. The fourth-order valence-electron chi connectivity index (χ4n) is 1.84. The van der Waals surface area contributed by atoms with Crippen LogP contribution < -0.4 is 15.8 Å². The number of nitrogens with one attached hydrogen (secondary N) is 1. The maximum atomic E-state index is 11.3. The maximum Gasteiger partial charge on any atom is 0.311 e. The number of nitro benzene ring substituents is 1. The first kappa shape index (κ1) is 14.3. The van der Waals surface area contributed by atoms with Crippen molar-refractivity contribution in [2.45, 2.75) is 32.2 Å². The van der Waals surface area contributed by atoms with Crippen LogP contribution in [0.2, 0.25) is 0 Å². The van der Waals surface area contributed by atoms with Crippen LogP contribution in [-0.4, -0.2) is 23.0 Å². The van der Waals surface area contributed by atoms with Crippen LogP contribution >= 0.6 is 0 Å². The van der Waals surface area contributed by atoms with Gasteiger partial charge in [-0.05, 0) is 18.9 Å². The predicted molar refractivity (Wildman–Crippen MR) is 73.8 cm³/mol. The van der Waals surface area contributed by atoms with Crippen LogP contribution in [0.1, 0.15) is 25.8 Å². The monoisotopic (exact) mass is 279 g/mol. The zero-order valence-electron chi connectivity index (χ0n) is 11.4. The Labute approximate surface area is 116 Å². The summed E-state index contributed by atoms with van der Waals surface area (Å²) >= 11 is 0. The average Bonchev–Trinajstić information content (AvgIpc) is 2.74. The van der Waals surface area contributed by atoms with Crippen molar-refractivity contribution in [2.75, 3.05) is 11.9 Å². The maximum absolute atomic E-state index is 11.3. The Balaban J connectivity index is 2.30. The number of hydrogen-bond donors (Lipinski definition) is 2. The Morgan fingerprint density at radius 3 is 2.85 bits per heavy atom. The van der Waals surface area contributed by atoms with Crippen molar-refractivity contribution in [3.63, 3.8) is 0 Å². The lowest BCUT2D eigenvalue weighted by atomic mass is 10.0. The smallest absolute Gasteiger partial charge is 0.311 e. The number of rotatable bonds is 5. The van der Waals surface area contributed by atoms with Crippen molar-refractivity contribution in [1.29, 1.82) is 0 Å². The highest BCUT2D eigenvalue weighted by molar-refractivity contribution is 5.99. The standard InChI is InChI=1S/C13H17N3O4/c1-3-13(2,14)7-20-11-6-9-8(5-12(17)15-9)4-10(11)16(18)19/h4,6H,3,5,7,14H2,1-2H3,(H,15,17). The lowest BCUT2D eigenvalue weighted by Gasteiger charge is -2.22. The summed E-state index contributed by atoms with van der Waals surface area (Å²) < 4.78 is 5.50. The highest BCUT2D eigenvalue weighted by Crippen LogP contribution is 2.36. The molecule has 1 atom stereocenters. The van der Waals surface area contributed by atoms with Crippen LogP contribution in [0.3, 0.4) is 0 Å². The van der Waals surface area contributed by atoms with Gasteiger partial charge in [0.05, 0.1) is 11.3 Å². The van der Waals surface area contributed by atoms with Gasteiger partial charge in [-0.1, -0.05) is 6.92 Å². The van der Waals surface area contributed by atoms with E-state index in [0.717, 1.165) is 0 Å². The molecule has 0 saturated carbocycles. The summed E-state index contributed by atoms with van der Waals surface area (Å²) in [7, 11) is 0. The highest BCUT2D eigenvalue weighted by Gasteiger charge is 2.26. The van der Waals surface area contributed by atoms with Crippen LogP contribution in [0.15, 0.2) is 12.1 Å². The number of benzene rings is 1. The van der Waals surface area contributed by atoms with Gasteiger partial charge >= 0.3 is 5.69 Å². The fourth-order valence-corrected chi connectivity index (χ4v) is 1.84. The minimum atomic E-state index is -0.559. The van der Waals surface area contributed by atoms with Crippen molar-refractivity contribution in [3.05, 3.63) is 27.8 Å². The highest BCUT2D eigenvalue weighted by atomic mass is 16.6. The number of carbonyl (C=O) groups is 1. The Hall–Kier alpha value is -2.15. The first-order valence-electron chi connectivity index (χ1n) is 6.35. The topological polar surface area (TPSA) is 107 Å². The molecule has 1 aliphatic heterocycles. The van der Waals surface area contributed by atoms with Crippen LogP contribution in [0.5, 0.6) is 5.75 Å². The zero-order chi connectivity index (χ0) is 14.9. The molecule has 0 saturated heterocycles. The predicted octanol–water partition coefficient (Wildman–Crippen LogP) is 1.60. The summed E-state index contributed by atoms with van der Waals surface area (Å²) in [4.78, 5) is 21.9. The van der Waals surface area contributed by atoms with Crippen molar-refractivity contribution >= 4 is 17.3 Å². The van der Waals surface area contributed by atoms with Crippen LogP contribution in [0, 0.1) is 10.1 Å². The Bertz CT molecular complexity index is 569. The van der Waals surface area contributed by atoms with Crippen molar-refractivity contribution in [2.24, 2.45) is 5.73 Å². The van der Waals surface area contributed by atoms with Crippen molar-refractivity contribution in [1.82, 2.24) is 0 Å². The molecule has 1 heterocycles. The van der Waals surface area contributed by atoms with Crippen molar-refractivity contribution in [3.8, 4) is 5.75 Å². The van der Waals surface area contributed by atoms with Crippen molar-refractivity contribution < 1.29 is 14.5 Å². The minimum Gasteiger partial charge on any atom is -0.485 e. The molecule has 1 amide bonds. The summed E-state index contributed by atoms with van der Waals surface area (Å²) in [6.07, 6.45) is 0.836. The van der Waals surface area contributed by atoms with E-state index in [-0.39, 0.29) is 30.4 Å². The third-order valence-corrected chi connectivity index (χ3v) is 3.37. The molecule has 0 radical (unpaired) electrons. The summed E-state index contributed by atoms with van der Waals surface area (Å²) in [6.45, 7) is 3.89. The van der Waals surface area contributed by atoms with Gasteiger partial charge in [-0.25, -0.2) is 0 Å². The van der Waals surface area contributed by atoms with E-state index < -0.39 is 10.5 Å². The van der Waals surface area contributed by atoms with Crippen LogP contribution in [-0.2, 0) is 11.2 Å². The molecule has 7 nitrogen and oxygen atoms in total. The summed E-state index contributed by atoms with van der Waals surface area (Å²) in [5.74, 6) is -0.0512. The zero-order valence-corrected chi connectivity index (χ0v) is 11.4. The molecule has 7 heteroatoms. The number of nitrogens with zero attached hydrogens (tertiary/aromatic N) is 1. The molecule has 20 heavy (non-hydrogen) atoms. The first-order valence-corrected chi connectivity index (χ1v) is 6.35. The molecule has 2 rings (SSSR count). The number of nitrogens with two attached hydrogens (primary N) is 1. The normalized spacial score (nSPS) is 16.2. The van der Waals surface area contributed by atoms with E-state index in [1.165, 1.54) is 12.1 Å². The first-order chi connectivity index (χ1) is 9.32. The van der Waals surface area contributed by atoms with Gasteiger partial charge in [0.15, 0.2) is 5.75 Å². The molecule has 0 spiro atoms. The van der Waals surface area contributed by atoms with Gasteiger partial charge < -0.3 is 15.8 Å². The number of hydrogen-bond acceptors (Lipinski definition) is 5. The van der Waals surface area contributed by atoms with Gasteiger partial charge in [0.25, 0.3) is 0 Å². The van der Waals surface area contributed by atoms with E-state index in [2.05, 4.69) is 5.32 Å². The van der Waals surface area contributed by atoms with Gasteiger partial charge in [-0.3, -0.25) is 14.9 Å². The summed E-state index contributed by atoms with van der Waals surface area (Å²) in [6, 6.07) is 2.87. The van der Waals surface area contributed by atoms with E-state index in [1.807, 2.05) is 13.8 Å². The molecule has 0 bridgehead atoms. The second-order valence-corrected chi connectivity index (χ2v) is 5.26. The van der Waals surface area contributed by atoms with Gasteiger partial charge in [0, 0.05) is 23.4 Å². The number of amides is 1. The van der Waals surface area contributed by atoms with E-state index in [1.54, 1.807) is 0 Å². The number of fused-ring (bicyclic) bond motifs is 1. The molecule has 0 aromatic heterocycles. The molecule has 108 valence electrons. The molecular formula is C13H17N3O4. The van der Waals surface area contributed by atoms with Gasteiger partial charge in [-0.2, -0.15) is 0 Å². The van der Waals surface area contributed by atoms with Gasteiger partial charge in [0.2, 0.25) is 5.91 Å². The molecule has 1 aromatic carbocycles. The Kier molecular flexibility index (Phi) is 3.63. The molecule has 1 unspecified atom stereocenters. The van der Waals surface area contributed by atoms with Crippen LogP contribution in [0.4, 0.5) is 11.4 Å². The Morgan fingerprint density at radius 2 is 2.25 bits per heavy atom. The lowest BCUT2D eigenvalue weighted by Crippen LogP contribution is -2.41. The number of nitro groups is 1. The van der Waals surface area contributed by atoms with E-state index >= 15 is 0 Å². The summed E-state index contributed by atoms with van der Waals surface area (Å²) in [5, 5.41) is 13.7. The third kappa shape index (κ3) is 2.88. The third-order valence-electron chi connectivity index (χ3n) is 3.37. The molecule has 1 aromatic rings. The van der Waals surface area contributed by atoms with Crippen LogP contribution in [0.25, 0.3) is 0 Å². The second-order valence-electron chi connectivity index (χ2n) is 5.26. The molecule has 3 N–H and O–H groups in total. The number of carbonyl (C=O) groups excluding carboxylic acids is 1. The van der Waals surface area contributed by atoms with E-state index in [4.69, 9.17) is 10.5 Å². The fraction of sp³-hybridized carbons (Fsp3) is 0.462. The molecule has 0 fully saturated rings. The lowest BCUT2D eigenvalue weighted by molar-refractivity contribution is -0.385. The quantitative estimate of drug-likeness (QED) is 0.628.